The van der Waals surface area contributed by atoms with E-state index in [1.165, 1.54) is 0 Å². The summed E-state index contributed by atoms with van der Waals surface area (Å²) in [7, 11) is 1.59. The second-order valence-electron chi connectivity index (χ2n) is 9.17. The summed E-state index contributed by atoms with van der Waals surface area (Å²) in [4.78, 5) is 40.2. The Bertz CT molecular complexity index is 1240. The molecular weight excluding hydrogens is 435 g/mol. The highest BCUT2D eigenvalue weighted by molar-refractivity contribution is 5.92. The van der Waals surface area contributed by atoms with E-state index in [1.807, 2.05) is 12.1 Å². The van der Waals surface area contributed by atoms with Crippen LogP contribution in [0.25, 0.3) is 10.9 Å². The van der Waals surface area contributed by atoms with E-state index in [1.54, 1.807) is 37.5 Å². The van der Waals surface area contributed by atoms with Crippen molar-refractivity contribution >= 4 is 22.5 Å². The molecule has 0 aliphatic carbocycles. The molecule has 2 saturated heterocycles. The highest BCUT2D eigenvalue weighted by Crippen LogP contribution is 2.36. The van der Waals surface area contributed by atoms with Crippen LogP contribution in [0.15, 0.2) is 47.4 Å². The second kappa shape index (κ2) is 9.13. The van der Waals surface area contributed by atoms with Gasteiger partial charge in [-0.2, -0.15) is 0 Å². The number of nitrogens with one attached hydrogen (secondary N) is 2. The molecule has 34 heavy (non-hydrogen) atoms. The Morgan fingerprint density at radius 1 is 1.18 bits per heavy atom. The molecule has 5 rings (SSSR count). The van der Waals surface area contributed by atoms with Crippen molar-refractivity contribution < 1.29 is 9.18 Å². The maximum Gasteiger partial charge on any atom is 0.269 e. The third-order valence-corrected chi connectivity index (χ3v) is 7.06. The van der Waals surface area contributed by atoms with Crippen molar-refractivity contribution in [3.05, 3.63) is 64.5 Å². The van der Waals surface area contributed by atoms with E-state index < -0.39 is 5.67 Å². The Kier molecular flexibility index (Phi) is 6.03. The first-order chi connectivity index (χ1) is 16.5. The van der Waals surface area contributed by atoms with E-state index in [9.17, 15) is 9.59 Å². The number of piperidine rings is 2. The van der Waals surface area contributed by atoms with E-state index in [0.29, 0.717) is 23.0 Å². The van der Waals surface area contributed by atoms with Gasteiger partial charge in [0.1, 0.15) is 11.5 Å². The molecule has 2 aliphatic rings. The molecule has 178 valence electrons. The molecule has 2 N–H and O–H groups in total. The molecule has 1 atom stereocenters. The predicted octanol–water partition coefficient (Wildman–Crippen LogP) is 2.61. The number of anilines is 1. The number of fused-ring (bicyclic) bond motifs is 1. The summed E-state index contributed by atoms with van der Waals surface area (Å²) in [6.07, 6.45) is 4.63. The van der Waals surface area contributed by atoms with Gasteiger partial charge in [-0.25, -0.2) is 14.4 Å². The standard InChI is InChI=1S/C25H29FN6O2/c1-27-23(34)21-8-7-18(15-28-21)31-13-9-17(10-14-31)32-12-4-11-25(26,16-32)24-29-20-6-3-2-5-19(20)22(33)30-24/h2-3,5-8,15,17H,4,9-14,16H2,1H3,(H,27,34)(H,29,30,33). The topological polar surface area (TPSA) is 94.2 Å². The minimum absolute atomic E-state index is 0.139. The van der Waals surface area contributed by atoms with Gasteiger partial charge in [-0.05, 0) is 56.5 Å². The van der Waals surface area contributed by atoms with Crippen molar-refractivity contribution in [3.63, 3.8) is 0 Å². The summed E-state index contributed by atoms with van der Waals surface area (Å²) < 4.78 is 16.2. The van der Waals surface area contributed by atoms with Crippen molar-refractivity contribution in [2.75, 3.05) is 38.1 Å². The number of carbonyl (C=O) groups is 1. The lowest BCUT2D eigenvalue weighted by molar-refractivity contribution is 0.00776. The van der Waals surface area contributed by atoms with Crippen LogP contribution in [0.3, 0.4) is 0 Å². The highest BCUT2D eigenvalue weighted by Gasteiger charge is 2.42. The molecule has 4 heterocycles. The molecular formula is C25H29FN6O2. The number of halogens is 1. The number of hydrogen-bond donors (Lipinski definition) is 2. The molecule has 1 aromatic carbocycles. The summed E-state index contributed by atoms with van der Waals surface area (Å²) in [5.74, 6) is -0.0621. The van der Waals surface area contributed by atoms with Crippen molar-refractivity contribution in [1.82, 2.24) is 25.2 Å². The smallest absolute Gasteiger partial charge is 0.269 e. The molecule has 1 amide bonds. The van der Waals surface area contributed by atoms with Crippen LogP contribution < -0.4 is 15.8 Å². The lowest BCUT2D eigenvalue weighted by Crippen LogP contribution is -2.52. The molecule has 0 saturated carbocycles. The number of H-pyrrole nitrogens is 1. The summed E-state index contributed by atoms with van der Waals surface area (Å²) in [6.45, 7) is 2.76. The molecule has 0 spiro atoms. The van der Waals surface area contributed by atoms with Gasteiger partial charge >= 0.3 is 0 Å². The number of carbonyl (C=O) groups excluding carboxylic acids is 1. The number of alkyl halides is 1. The summed E-state index contributed by atoms with van der Waals surface area (Å²) in [5.41, 5.74) is -0.0477. The van der Waals surface area contributed by atoms with Gasteiger partial charge in [-0.1, -0.05) is 12.1 Å². The Labute approximate surface area is 197 Å². The van der Waals surface area contributed by atoms with E-state index >= 15 is 4.39 Å². The lowest BCUT2D eigenvalue weighted by Gasteiger charge is -2.44. The fraction of sp³-hybridized carbons (Fsp3) is 0.440. The maximum absolute atomic E-state index is 16.2. The molecule has 8 nitrogen and oxygen atoms in total. The van der Waals surface area contributed by atoms with Gasteiger partial charge in [0, 0.05) is 32.7 Å². The highest BCUT2D eigenvalue weighted by atomic mass is 19.1. The van der Waals surface area contributed by atoms with Gasteiger partial charge < -0.3 is 15.2 Å². The first-order valence-corrected chi connectivity index (χ1v) is 11.8. The number of nitrogens with zero attached hydrogens (tertiary/aromatic N) is 4. The Balaban J connectivity index is 1.26. The van der Waals surface area contributed by atoms with E-state index in [2.05, 4.69) is 30.1 Å². The number of benzene rings is 1. The summed E-state index contributed by atoms with van der Waals surface area (Å²) in [6, 6.07) is 11.0. The quantitative estimate of drug-likeness (QED) is 0.617. The molecule has 3 aromatic rings. The average molecular weight is 465 g/mol. The van der Waals surface area contributed by atoms with Gasteiger partial charge in [-0.3, -0.25) is 14.5 Å². The second-order valence-corrected chi connectivity index (χ2v) is 9.17. The van der Waals surface area contributed by atoms with Crippen molar-refractivity contribution in [2.24, 2.45) is 0 Å². The van der Waals surface area contributed by atoms with Gasteiger partial charge in [0.15, 0.2) is 5.67 Å². The fourth-order valence-electron chi connectivity index (χ4n) is 5.17. The number of amides is 1. The number of rotatable bonds is 4. The summed E-state index contributed by atoms with van der Waals surface area (Å²) >= 11 is 0. The largest absolute Gasteiger partial charge is 0.370 e. The number of likely N-dealkylation sites (tertiary alicyclic amines) is 1. The zero-order chi connectivity index (χ0) is 23.7. The third kappa shape index (κ3) is 4.27. The number of aromatic nitrogens is 3. The van der Waals surface area contributed by atoms with Crippen LogP contribution in [0.1, 0.15) is 42.0 Å². The zero-order valence-electron chi connectivity index (χ0n) is 19.3. The normalized spacial score (nSPS) is 22.1. The average Bonchev–Trinajstić information content (AvgIpc) is 2.88. The summed E-state index contributed by atoms with van der Waals surface area (Å²) in [5, 5.41) is 3.06. The minimum Gasteiger partial charge on any atom is -0.370 e. The maximum atomic E-state index is 16.2. The van der Waals surface area contributed by atoms with Crippen LogP contribution in [0.4, 0.5) is 10.1 Å². The van der Waals surface area contributed by atoms with Crippen LogP contribution in [0.2, 0.25) is 0 Å². The Hall–Kier alpha value is -3.33. The van der Waals surface area contributed by atoms with Crippen molar-refractivity contribution in [3.8, 4) is 0 Å². The molecule has 0 bridgehead atoms. The van der Waals surface area contributed by atoms with Crippen LogP contribution in [0, 0.1) is 0 Å². The first-order valence-electron chi connectivity index (χ1n) is 11.8. The van der Waals surface area contributed by atoms with Crippen LogP contribution in [-0.2, 0) is 5.67 Å². The minimum atomic E-state index is -1.67. The predicted molar refractivity (Wildman–Crippen MR) is 129 cm³/mol. The lowest BCUT2D eigenvalue weighted by atomic mass is 9.90. The molecule has 1 unspecified atom stereocenters. The van der Waals surface area contributed by atoms with Crippen molar-refractivity contribution in [1.29, 1.82) is 0 Å². The number of hydrogen-bond acceptors (Lipinski definition) is 6. The number of aromatic amines is 1. The number of para-hydroxylation sites is 1. The van der Waals surface area contributed by atoms with Crippen LogP contribution >= 0.6 is 0 Å². The monoisotopic (exact) mass is 464 g/mol. The van der Waals surface area contributed by atoms with Crippen LogP contribution in [0.5, 0.6) is 0 Å². The van der Waals surface area contributed by atoms with Gasteiger partial charge in [0.25, 0.3) is 11.5 Å². The molecule has 2 aromatic heterocycles. The molecule has 9 heteroatoms. The van der Waals surface area contributed by atoms with E-state index in [4.69, 9.17) is 0 Å². The molecule has 0 radical (unpaired) electrons. The SMILES string of the molecule is CNC(=O)c1ccc(N2CCC(N3CCCC(F)(c4nc5ccccc5c(=O)[nH]4)C3)CC2)cn1. The fourth-order valence-corrected chi connectivity index (χ4v) is 5.17. The van der Waals surface area contributed by atoms with E-state index in [-0.39, 0.29) is 29.9 Å². The van der Waals surface area contributed by atoms with Crippen molar-refractivity contribution in [2.45, 2.75) is 37.4 Å². The first kappa shape index (κ1) is 22.5. The zero-order valence-corrected chi connectivity index (χ0v) is 19.3. The number of pyridine rings is 1. The Morgan fingerprint density at radius 3 is 2.71 bits per heavy atom. The van der Waals surface area contributed by atoms with Gasteiger partial charge in [0.2, 0.25) is 0 Å². The third-order valence-electron chi connectivity index (χ3n) is 7.06. The van der Waals surface area contributed by atoms with Gasteiger partial charge in [0.05, 0.1) is 22.8 Å². The van der Waals surface area contributed by atoms with Crippen LogP contribution in [-0.4, -0.2) is 65.0 Å². The van der Waals surface area contributed by atoms with E-state index in [0.717, 1.165) is 44.6 Å². The van der Waals surface area contributed by atoms with Gasteiger partial charge in [-0.15, -0.1) is 0 Å². The Morgan fingerprint density at radius 2 is 1.97 bits per heavy atom. The molecule has 2 fully saturated rings. The molecule has 2 aliphatic heterocycles.